The maximum atomic E-state index is 11.8. The number of hydrazone groups is 1. The second-order valence-electron chi connectivity index (χ2n) is 4.19. The molecule has 0 fully saturated rings. The Balaban J connectivity index is 2.09. The number of hydrogen-bond acceptors (Lipinski definition) is 5. The first-order valence-electron chi connectivity index (χ1n) is 6.26. The largest absolute Gasteiger partial charge is 0.493 e. The molecule has 0 radical (unpaired) electrons. The van der Waals surface area contributed by atoms with Crippen molar-refractivity contribution in [3.05, 3.63) is 47.4 Å². The van der Waals surface area contributed by atoms with E-state index >= 15 is 0 Å². The van der Waals surface area contributed by atoms with E-state index in [1.807, 2.05) is 0 Å². The summed E-state index contributed by atoms with van der Waals surface area (Å²) in [5, 5.41) is 3.89. The topological polar surface area (TPSA) is 73.1 Å². The first-order chi connectivity index (χ1) is 10.2. The average Bonchev–Trinajstić information content (AvgIpc) is 2.93. The van der Waals surface area contributed by atoms with Crippen LogP contribution >= 0.6 is 0 Å². The molecule has 0 saturated heterocycles. The van der Waals surface area contributed by atoms with Gasteiger partial charge in [-0.1, -0.05) is 6.07 Å². The van der Waals surface area contributed by atoms with Crippen LogP contribution in [0.15, 0.2) is 39.9 Å². The van der Waals surface area contributed by atoms with E-state index in [9.17, 15) is 4.79 Å². The molecule has 1 aromatic heterocycles. The molecule has 1 N–H and O–H groups in total. The van der Waals surface area contributed by atoms with E-state index in [1.54, 1.807) is 51.5 Å². The van der Waals surface area contributed by atoms with E-state index in [1.165, 1.54) is 6.21 Å². The van der Waals surface area contributed by atoms with Gasteiger partial charge >= 0.3 is 5.91 Å². The third kappa shape index (κ3) is 3.42. The van der Waals surface area contributed by atoms with E-state index < -0.39 is 5.91 Å². The van der Waals surface area contributed by atoms with Crippen molar-refractivity contribution in [2.75, 3.05) is 14.2 Å². The number of aryl methyl sites for hydroxylation is 1. The van der Waals surface area contributed by atoms with Crippen LogP contribution in [0.4, 0.5) is 0 Å². The first-order valence-corrected chi connectivity index (χ1v) is 6.26. The van der Waals surface area contributed by atoms with Crippen LogP contribution in [0.2, 0.25) is 0 Å². The molecular weight excluding hydrogens is 272 g/mol. The molecule has 2 aromatic rings. The lowest BCUT2D eigenvalue weighted by molar-refractivity contribution is 0.0926. The Labute approximate surface area is 122 Å². The van der Waals surface area contributed by atoms with Crippen LogP contribution in [0.1, 0.15) is 21.9 Å². The number of ether oxygens (including phenoxy) is 2. The van der Waals surface area contributed by atoms with Crippen molar-refractivity contribution in [2.24, 2.45) is 5.10 Å². The number of hydrogen-bond donors (Lipinski definition) is 1. The van der Waals surface area contributed by atoms with E-state index in [4.69, 9.17) is 13.9 Å². The van der Waals surface area contributed by atoms with Gasteiger partial charge in [0.2, 0.25) is 0 Å². The van der Waals surface area contributed by atoms with Gasteiger partial charge in [-0.15, -0.1) is 0 Å². The van der Waals surface area contributed by atoms with Crippen LogP contribution in [0.25, 0.3) is 0 Å². The molecule has 6 nitrogen and oxygen atoms in total. The Kier molecular flexibility index (Phi) is 4.61. The molecule has 0 spiro atoms. The summed E-state index contributed by atoms with van der Waals surface area (Å²) in [4.78, 5) is 11.8. The predicted molar refractivity (Wildman–Crippen MR) is 78.1 cm³/mol. The Bertz CT molecular complexity index is 661. The molecule has 21 heavy (non-hydrogen) atoms. The van der Waals surface area contributed by atoms with E-state index in [0.29, 0.717) is 22.8 Å². The number of rotatable bonds is 5. The fourth-order valence-corrected chi connectivity index (χ4v) is 1.79. The van der Waals surface area contributed by atoms with Gasteiger partial charge in [0.1, 0.15) is 5.76 Å². The highest BCUT2D eigenvalue weighted by Crippen LogP contribution is 2.29. The third-order valence-corrected chi connectivity index (χ3v) is 2.77. The first kappa shape index (κ1) is 14.6. The quantitative estimate of drug-likeness (QED) is 0.677. The zero-order chi connectivity index (χ0) is 15.2. The van der Waals surface area contributed by atoms with Gasteiger partial charge in [0.25, 0.3) is 0 Å². The Hall–Kier alpha value is -2.76. The number of methoxy groups -OCH3 is 2. The average molecular weight is 288 g/mol. The lowest BCUT2D eigenvalue weighted by Gasteiger charge is -2.09. The Morgan fingerprint density at radius 3 is 2.67 bits per heavy atom. The highest BCUT2D eigenvalue weighted by molar-refractivity contribution is 5.93. The summed E-state index contributed by atoms with van der Waals surface area (Å²) in [5.74, 6) is 1.60. The smallest absolute Gasteiger partial charge is 0.307 e. The molecule has 1 amide bonds. The van der Waals surface area contributed by atoms with E-state index in [-0.39, 0.29) is 5.76 Å². The van der Waals surface area contributed by atoms with Crippen LogP contribution in [0.5, 0.6) is 11.5 Å². The van der Waals surface area contributed by atoms with Gasteiger partial charge in [0, 0.05) is 5.56 Å². The van der Waals surface area contributed by atoms with Crippen molar-refractivity contribution in [3.8, 4) is 11.5 Å². The summed E-state index contributed by atoms with van der Waals surface area (Å²) >= 11 is 0. The van der Waals surface area contributed by atoms with Gasteiger partial charge in [-0.3, -0.25) is 4.79 Å². The summed E-state index contributed by atoms with van der Waals surface area (Å²) in [6.45, 7) is 1.77. The lowest BCUT2D eigenvalue weighted by Crippen LogP contribution is -2.16. The molecule has 1 heterocycles. The van der Waals surface area contributed by atoms with E-state index in [0.717, 1.165) is 0 Å². The molecule has 0 aliphatic heterocycles. The van der Waals surface area contributed by atoms with Crippen molar-refractivity contribution in [3.63, 3.8) is 0 Å². The summed E-state index contributed by atoms with van der Waals surface area (Å²) in [7, 11) is 3.10. The number of carbonyl (C=O) groups is 1. The number of amides is 1. The molecule has 0 bridgehead atoms. The lowest BCUT2D eigenvalue weighted by atomic mass is 10.2. The summed E-state index contributed by atoms with van der Waals surface area (Å²) in [6, 6.07) is 8.69. The number of benzene rings is 1. The molecule has 0 atom stereocenters. The van der Waals surface area contributed by atoms with Crippen LogP contribution in [-0.4, -0.2) is 26.3 Å². The SMILES string of the molecule is COc1cccc(/C=N/NC(=O)c2ccc(C)o2)c1OC. The highest BCUT2D eigenvalue weighted by atomic mass is 16.5. The summed E-state index contributed by atoms with van der Waals surface area (Å²) in [6.07, 6.45) is 1.48. The van der Waals surface area contributed by atoms with Gasteiger partial charge < -0.3 is 13.9 Å². The zero-order valence-electron chi connectivity index (χ0n) is 12.0. The minimum absolute atomic E-state index is 0.210. The van der Waals surface area contributed by atoms with Crippen LogP contribution < -0.4 is 14.9 Å². The monoisotopic (exact) mass is 288 g/mol. The molecule has 1 aromatic carbocycles. The molecule has 0 unspecified atom stereocenters. The Morgan fingerprint density at radius 2 is 2.05 bits per heavy atom. The number of nitrogens with zero attached hydrogens (tertiary/aromatic N) is 1. The standard InChI is InChI=1S/C15H16N2O4/c1-10-7-8-13(21-10)15(18)17-16-9-11-5-4-6-12(19-2)14(11)20-3/h4-9H,1-3H3,(H,17,18)/b16-9+. The number of carbonyl (C=O) groups excluding carboxylic acids is 1. The minimum Gasteiger partial charge on any atom is -0.493 e. The molecule has 2 rings (SSSR count). The number of furan rings is 1. The van der Waals surface area contributed by atoms with Gasteiger partial charge in [-0.25, -0.2) is 5.43 Å². The minimum atomic E-state index is -0.416. The normalized spacial score (nSPS) is 10.6. The molecule has 0 aliphatic carbocycles. The molecular formula is C15H16N2O4. The maximum absolute atomic E-state index is 11.8. The van der Waals surface area contributed by atoms with E-state index in [2.05, 4.69) is 10.5 Å². The zero-order valence-corrected chi connectivity index (χ0v) is 12.0. The second kappa shape index (κ2) is 6.60. The highest BCUT2D eigenvalue weighted by Gasteiger charge is 2.09. The van der Waals surface area contributed by atoms with Crippen molar-refractivity contribution < 1.29 is 18.7 Å². The molecule has 6 heteroatoms. The van der Waals surface area contributed by atoms with Gasteiger partial charge in [-0.2, -0.15) is 5.10 Å². The molecule has 0 saturated carbocycles. The van der Waals surface area contributed by atoms with Crippen molar-refractivity contribution in [2.45, 2.75) is 6.92 Å². The second-order valence-corrected chi connectivity index (χ2v) is 4.19. The van der Waals surface area contributed by atoms with Crippen LogP contribution in [0, 0.1) is 6.92 Å². The van der Waals surface area contributed by atoms with Gasteiger partial charge in [-0.05, 0) is 31.2 Å². The summed E-state index contributed by atoms with van der Waals surface area (Å²) < 4.78 is 15.7. The van der Waals surface area contributed by atoms with Gasteiger partial charge in [0.05, 0.1) is 20.4 Å². The molecule has 110 valence electrons. The number of nitrogens with one attached hydrogen (secondary N) is 1. The predicted octanol–water partition coefficient (Wildman–Crippen LogP) is 2.37. The Morgan fingerprint density at radius 1 is 1.24 bits per heavy atom. The van der Waals surface area contributed by atoms with Crippen LogP contribution in [-0.2, 0) is 0 Å². The fourth-order valence-electron chi connectivity index (χ4n) is 1.79. The molecule has 0 aliphatic rings. The third-order valence-electron chi connectivity index (χ3n) is 2.77. The van der Waals surface area contributed by atoms with Crippen LogP contribution in [0.3, 0.4) is 0 Å². The van der Waals surface area contributed by atoms with Gasteiger partial charge in [0.15, 0.2) is 17.3 Å². The number of para-hydroxylation sites is 1. The van der Waals surface area contributed by atoms with Crippen molar-refractivity contribution >= 4 is 12.1 Å². The fraction of sp³-hybridized carbons (Fsp3) is 0.200. The van der Waals surface area contributed by atoms with Crippen molar-refractivity contribution in [1.29, 1.82) is 0 Å². The van der Waals surface area contributed by atoms with Crippen molar-refractivity contribution in [1.82, 2.24) is 5.43 Å². The maximum Gasteiger partial charge on any atom is 0.307 e. The summed E-state index contributed by atoms with van der Waals surface area (Å²) in [5.41, 5.74) is 3.08.